The van der Waals surface area contributed by atoms with E-state index < -0.39 is 34.2 Å². The summed E-state index contributed by atoms with van der Waals surface area (Å²) in [7, 11) is 0. The molecule has 0 aliphatic carbocycles. The maximum Gasteiger partial charge on any atom is 0.433 e. The molecule has 1 unspecified atom stereocenters. The third-order valence-electron chi connectivity index (χ3n) is 5.27. The molecule has 2 aliphatic rings. The van der Waals surface area contributed by atoms with Crippen molar-refractivity contribution in [2.75, 3.05) is 49.1 Å². The highest BCUT2D eigenvalue weighted by molar-refractivity contribution is 7.96. The van der Waals surface area contributed by atoms with Crippen LogP contribution in [0.4, 0.5) is 27.0 Å². The Kier molecular flexibility index (Phi) is 6.35. The first-order valence-electron chi connectivity index (χ1n) is 10.0. The van der Waals surface area contributed by atoms with Crippen LogP contribution < -0.4 is 15.1 Å². The Morgan fingerprint density at radius 3 is 2.58 bits per heavy atom. The molecule has 0 bridgehead atoms. The van der Waals surface area contributed by atoms with Crippen LogP contribution in [0, 0.1) is 10.1 Å². The summed E-state index contributed by atoms with van der Waals surface area (Å²) in [6.07, 6.45) is 0.568. The number of rotatable bonds is 6. The maximum absolute atomic E-state index is 12.5. The number of cyclic esters (lactones) is 1. The Bertz CT molecular complexity index is 1070. The summed E-state index contributed by atoms with van der Waals surface area (Å²) in [5, 5.41) is 12.7. The maximum atomic E-state index is 12.5. The fourth-order valence-corrected chi connectivity index (χ4v) is 3.69. The van der Waals surface area contributed by atoms with Crippen LogP contribution in [0.25, 0.3) is 0 Å². The van der Waals surface area contributed by atoms with E-state index in [4.69, 9.17) is 9.15 Å². The average molecular weight is 476 g/mol. The number of ether oxygens (including phenoxy) is 1. The van der Waals surface area contributed by atoms with Gasteiger partial charge >= 0.3 is 12.0 Å². The van der Waals surface area contributed by atoms with Gasteiger partial charge in [-0.3, -0.25) is 24.6 Å². The highest BCUT2D eigenvalue weighted by Gasteiger charge is 2.33. The summed E-state index contributed by atoms with van der Waals surface area (Å²) in [5.74, 6) is -0.253. The van der Waals surface area contributed by atoms with E-state index in [9.17, 15) is 24.5 Å². The van der Waals surface area contributed by atoms with Crippen molar-refractivity contribution < 1.29 is 28.5 Å². The van der Waals surface area contributed by atoms with Crippen molar-refractivity contribution in [1.82, 2.24) is 15.2 Å². The lowest BCUT2D eigenvalue weighted by atomic mass is 10.2. The molecule has 2 aromatic rings. The van der Waals surface area contributed by atoms with Crippen LogP contribution >= 0.6 is 12.6 Å². The normalized spacial score (nSPS) is 18.3. The molecule has 14 heteroatoms. The summed E-state index contributed by atoms with van der Waals surface area (Å²) in [6.45, 7) is 2.27. The molecule has 174 valence electrons. The zero-order valence-corrected chi connectivity index (χ0v) is 18.1. The van der Waals surface area contributed by atoms with Gasteiger partial charge < -0.3 is 24.3 Å². The van der Waals surface area contributed by atoms with Crippen molar-refractivity contribution in [2.45, 2.75) is 6.10 Å². The number of nitrogens with one attached hydrogen (secondary N) is 1. The van der Waals surface area contributed by atoms with Crippen LogP contribution in [-0.2, 0) is 4.74 Å². The molecule has 2 aromatic heterocycles. The summed E-state index contributed by atoms with van der Waals surface area (Å²) < 4.78 is 10.2. The Morgan fingerprint density at radius 1 is 1.21 bits per heavy atom. The number of thiol groups is 1. The number of piperazine rings is 1. The highest BCUT2D eigenvalue weighted by atomic mass is 32.1. The van der Waals surface area contributed by atoms with Crippen molar-refractivity contribution in [2.24, 2.45) is 0 Å². The molecule has 0 spiro atoms. The standard InChI is InChI=1S/C19H20N6O7S/c26-17(14-2-4-16(32-14)25(29)30)23-7-5-22(6-8-23)15-3-1-12(9-20-15)24-11-13(31-19(24)28)10-21-18(27)33/h1-4,9,13H,5-8,10-11H2,(H2,21,27,33). The first kappa shape index (κ1) is 22.4. The molecule has 2 aliphatic heterocycles. The quantitative estimate of drug-likeness (QED) is 0.359. The summed E-state index contributed by atoms with van der Waals surface area (Å²) in [4.78, 5) is 55.0. The van der Waals surface area contributed by atoms with E-state index in [0.717, 1.165) is 6.07 Å². The van der Waals surface area contributed by atoms with Crippen molar-refractivity contribution in [1.29, 1.82) is 0 Å². The molecule has 33 heavy (non-hydrogen) atoms. The highest BCUT2D eigenvalue weighted by Crippen LogP contribution is 2.24. The van der Waals surface area contributed by atoms with Gasteiger partial charge in [-0.25, -0.2) is 9.78 Å². The Hall–Kier alpha value is -3.81. The first-order chi connectivity index (χ1) is 15.8. The zero-order chi connectivity index (χ0) is 23.5. The monoisotopic (exact) mass is 476 g/mol. The van der Waals surface area contributed by atoms with E-state index in [1.54, 1.807) is 23.2 Å². The fourth-order valence-electron chi connectivity index (χ4n) is 3.60. The second kappa shape index (κ2) is 9.36. The van der Waals surface area contributed by atoms with E-state index in [1.807, 2.05) is 4.90 Å². The molecule has 0 saturated carbocycles. The minimum atomic E-state index is -0.689. The van der Waals surface area contributed by atoms with Gasteiger partial charge in [0.25, 0.3) is 11.1 Å². The van der Waals surface area contributed by atoms with Gasteiger partial charge in [-0.2, -0.15) is 0 Å². The number of amides is 3. The molecule has 13 nitrogen and oxygen atoms in total. The topological polar surface area (TPSA) is 151 Å². The molecule has 2 saturated heterocycles. The molecule has 1 atom stereocenters. The second-order valence-corrected chi connectivity index (χ2v) is 7.76. The lowest BCUT2D eigenvalue weighted by Crippen LogP contribution is -2.49. The van der Waals surface area contributed by atoms with Crippen molar-refractivity contribution >= 4 is 47.3 Å². The van der Waals surface area contributed by atoms with Crippen molar-refractivity contribution in [3.63, 3.8) is 0 Å². The number of carbonyl (C=O) groups is 3. The number of nitrogens with zero attached hydrogens (tertiary/aromatic N) is 5. The lowest BCUT2D eigenvalue weighted by molar-refractivity contribution is -0.402. The summed E-state index contributed by atoms with van der Waals surface area (Å²) in [5.41, 5.74) is 0.566. The van der Waals surface area contributed by atoms with Gasteiger partial charge in [-0.15, -0.1) is 0 Å². The number of anilines is 2. The molecule has 0 radical (unpaired) electrons. The van der Waals surface area contributed by atoms with Gasteiger partial charge in [-0.05, 0) is 18.2 Å². The SMILES string of the molecule is O=C(S)NCC1CN(c2ccc(N3CCN(C(=O)c4ccc([N+](=O)[O-])o4)CC3)nc2)C(=O)O1. The molecular weight excluding hydrogens is 456 g/mol. The van der Waals surface area contributed by atoms with Crippen LogP contribution in [0.1, 0.15) is 10.6 Å². The van der Waals surface area contributed by atoms with Crippen molar-refractivity contribution in [3.05, 3.63) is 46.3 Å². The van der Waals surface area contributed by atoms with E-state index in [0.29, 0.717) is 37.7 Å². The van der Waals surface area contributed by atoms with E-state index >= 15 is 0 Å². The van der Waals surface area contributed by atoms with Gasteiger partial charge in [-0.1, -0.05) is 12.6 Å². The van der Waals surface area contributed by atoms with E-state index in [-0.39, 0.29) is 18.8 Å². The lowest BCUT2D eigenvalue weighted by Gasteiger charge is -2.35. The van der Waals surface area contributed by atoms with Crippen LogP contribution in [-0.4, -0.2) is 77.4 Å². The van der Waals surface area contributed by atoms with E-state index in [2.05, 4.69) is 22.9 Å². The van der Waals surface area contributed by atoms with E-state index in [1.165, 1.54) is 11.0 Å². The van der Waals surface area contributed by atoms with Crippen molar-refractivity contribution in [3.8, 4) is 0 Å². The Morgan fingerprint density at radius 2 is 1.97 bits per heavy atom. The average Bonchev–Trinajstić information content (AvgIpc) is 3.45. The predicted molar refractivity (Wildman–Crippen MR) is 118 cm³/mol. The molecule has 0 aromatic carbocycles. The van der Waals surface area contributed by atoms with Gasteiger partial charge in [0.15, 0.2) is 5.76 Å². The number of hydrogen-bond acceptors (Lipinski definition) is 9. The number of aromatic nitrogens is 1. The van der Waals surface area contributed by atoms with Gasteiger partial charge in [0.05, 0.1) is 31.0 Å². The molecule has 3 amide bonds. The van der Waals surface area contributed by atoms with Crippen LogP contribution in [0.5, 0.6) is 0 Å². The third kappa shape index (κ3) is 5.00. The Labute approximate surface area is 192 Å². The number of nitro groups is 1. The molecular formula is C19H20N6O7S. The number of carbonyl (C=O) groups excluding carboxylic acids is 3. The smallest absolute Gasteiger partial charge is 0.433 e. The zero-order valence-electron chi connectivity index (χ0n) is 17.2. The minimum absolute atomic E-state index is 0.0673. The van der Waals surface area contributed by atoms with Gasteiger partial charge in [0, 0.05) is 26.2 Å². The second-order valence-electron chi connectivity index (χ2n) is 7.35. The fraction of sp³-hybridized carbons (Fsp3) is 0.368. The third-order valence-corrected chi connectivity index (χ3v) is 5.43. The summed E-state index contributed by atoms with van der Waals surface area (Å²) >= 11 is 3.62. The number of pyridine rings is 1. The molecule has 2 fully saturated rings. The van der Waals surface area contributed by atoms with Crippen LogP contribution in [0.15, 0.2) is 34.9 Å². The molecule has 1 N–H and O–H groups in total. The van der Waals surface area contributed by atoms with Gasteiger partial charge in [0.2, 0.25) is 0 Å². The Balaban J connectivity index is 1.32. The number of hydrogen-bond donors (Lipinski definition) is 2. The molecule has 4 heterocycles. The minimum Gasteiger partial charge on any atom is -0.442 e. The van der Waals surface area contributed by atoms with Crippen LogP contribution in [0.2, 0.25) is 0 Å². The number of furan rings is 1. The molecule has 4 rings (SSSR count). The van der Waals surface area contributed by atoms with Crippen LogP contribution in [0.3, 0.4) is 0 Å². The van der Waals surface area contributed by atoms with Gasteiger partial charge in [0.1, 0.15) is 16.8 Å². The predicted octanol–water partition coefficient (Wildman–Crippen LogP) is 1.51. The summed E-state index contributed by atoms with van der Waals surface area (Å²) in [6, 6.07) is 5.98. The first-order valence-corrected chi connectivity index (χ1v) is 10.5. The largest absolute Gasteiger partial charge is 0.442 e.